The van der Waals surface area contributed by atoms with Crippen LogP contribution in [0.15, 0.2) is 0 Å². The van der Waals surface area contributed by atoms with E-state index in [1.54, 1.807) is 0 Å². The highest BCUT2D eigenvalue weighted by Gasteiger charge is 2.10. The van der Waals surface area contributed by atoms with E-state index < -0.39 is 6.10 Å². The lowest BCUT2D eigenvalue weighted by atomic mass is 10.0. The Hall–Kier alpha value is -0.370. The molecular formula is C27H54O2. The molecule has 0 heterocycles. The van der Waals surface area contributed by atoms with Crippen molar-refractivity contribution < 1.29 is 9.90 Å². The minimum absolute atomic E-state index is 0.259. The van der Waals surface area contributed by atoms with E-state index >= 15 is 0 Å². The minimum atomic E-state index is -0.403. The van der Waals surface area contributed by atoms with Crippen molar-refractivity contribution in [2.45, 2.75) is 168 Å². The third-order valence-corrected chi connectivity index (χ3v) is 6.16. The van der Waals surface area contributed by atoms with Crippen LogP contribution in [0, 0.1) is 0 Å². The van der Waals surface area contributed by atoms with Gasteiger partial charge in [0.05, 0.1) is 6.10 Å². The zero-order chi connectivity index (χ0) is 21.4. The number of unbranched alkanes of at least 4 members (excludes halogenated alkanes) is 18. The Balaban J connectivity index is 3.19. The molecule has 0 aromatic carbocycles. The van der Waals surface area contributed by atoms with E-state index in [1.165, 1.54) is 109 Å². The summed E-state index contributed by atoms with van der Waals surface area (Å²) in [6, 6.07) is 0. The molecule has 1 unspecified atom stereocenters. The summed E-state index contributed by atoms with van der Waals surface area (Å²) in [5.74, 6) is 0.259. The second kappa shape index (κ2) is 23.9. The zero-order valence-electron chi connectivity index (χ0n) is 20.2. The summed E-state index contributed by atoms with van der Waals surface area (Å²) in [7, 11) is 0. The molecule has 2 heteroatoms. The van der Waals surface area contributed by atoms with E-state index in [9.17, 15) is 9.90 Å². The largest absolute Gasteiger partial charge is 0.393 e. The Bertz CT molecular complexity index is 326. The van der Waals surface area contributed by atoms with Gasteiger partial charge in [0.15, 0.2) is 0 Å². The molecule has 1 atom stereocenters. The Labute approximate surface area is 183 Å². The molecule has 0 rings (SSSR count). The van der Waals surface area contributed by atoms with Gasteiger partial charge in [0.2, 0.25) is 0 Å². The number of carbonyl (C=O) groups is 1. The predicted molar refractivity (Wildman–Crippen MR) is 129 cm³/mol. The fourth-order valence-electron chi connectivity index (χ4n) is 4.14. The lowest BCUT2D eigenvalue weighted by Gasteiger charge is -2.09. The van der Waals surface area contributed by atoms with Gasteiger partial charge in [-0.3, -0.25) is 4.79 Å². The first-order valence-corrected chi connectivity index (χ1v) is 13.4. The van der Waals surface area contributed by atoms with Gasteiger partial charge in [-0.05, 0) is 12.8 Å². The fourth-order valence-corrected chi connectivity index (χ4v) is 4.14. The van der Waals surface area contributed by atoms with Gasteiger partial charge >= 0.3 is 0 Å². The van der Waals surface area contributed by atoms with Crippen LogP contribution in [0.2, 0.25) is 0 Å². The van der Waals surface area contributed by atoms with Gasteiger partial charge in [0.25, 0.3) is 0 Å². The van der Waals surface area contributed by atoms with Crippen molar-refractivity contribution in [3.63, 3.8) is 0 Å². The van der Waals surface area contributed by atoms with Gasteiger partial charge in [0.1, 0.15) is 5.78 Å². The van der Waals surface area contributed by atoms with Gasteiger partial charge in [-0.15, -0.1) is 0 Å². The molecule has 0 radical (unpaired) electrons. The summed E-state index contributed by atoms with van der Waals surface area (Å²) in [5.41, 5.74) is 0. The highest BCUT2D eigenvalue weighted by atomic mass is 16.3. The molecule has 0 amide bonds. The molecule has 0 aliphatic carbocycles. The third kappa shape index (κ3) is 23.8. The van der Waals surface area contributed by atoms with Crippen LogP contribution in [0.25, 0.3) is 0 Å². The van der Waals surface area contributed by atoms with Crippen molar-refractivity contribution in [1.82, 2.24) is 0 Å². The summed E-state index contributed by atoms with van der Waals surface area (Å²) in [6.45, 7) is 4.45. The summed E-state index contributed by atoms with van der Waals surface area (Å²) < 4.78 is 0. The Kier molecular flexibility index (Phi) is 23.6. The molecule has 1 N–H and O–H groups in total. The number of ketones is 1. The molecular weight excluding hydrogens is 356 g/mol. The number of rotatable bonds is 24. The first-order valence-electron chi connectivity index (χ1n) is 13.4. The van der Waals surface area contributed by atoms with E-state index in [2.05, 4.69) is 13.8 Å². The van der Waals surface area contributed by atoms with Crippen LogP contribution in [0.1, 0.15) is 162 Å². The summed E-state index contributed by atoms with van der Waals surface area (Å²) in [4.78, 5) is 11.9. The number of Topliss-reactive ketones (excluding diaryl/α,β-unsaturated/α-hetero) is 1. The Morgan fingerprint density at radius 3 is 1.31 bits per heavy atom. The van der Waals surface area contributed by atoms with Crippen LogP contribution in [0.4, 0.5) is 0 Å². The van der Waals surface area contributed by atoms with Crippen molar-refractivity contribution in [1.29, 1.82) is 0 Å². The molecule has 0 aliphatic heterocycles. The number of aliphatic hydroxyl groups is 1. The molecule has 0 aromatic heterocycles. The maximum absolute atomic E-state index is 11.9. The van der Waals surface area contributed by atoms with Gasteiger partial charge in [-0.25, -0.2) is 0 Å². The molecule has 0 saturated carbocycles. The van der Waals surface area contributed by atoms with Crippen LogP contribution in [0.3, 0.4) is 0 Å². The minimum Gasteiger partial charge on any atom is -0.393 e. The predicted octanol–water partition coefficient (Wildman–Crippen LogP) is 8.93. The fraction of sp³-hybridized carbons (Fsp3) is 0.963. The highest BCUT2D eigenvalue weighted by Crippen LogP contribution is 2.15. The van der Waals surface area contributed by atoms with Crippen LogP contribution in [0.5, 0.6) is 0 Å². The molecule has 0 spiro atoms. The van der Waals surface area contributed by atoms with Crippen LogP contribution in [-0.2, 0) is 4.79 Å². The summed E-state index contributed by atoms with van der Waals surface area (Å²) >= 11 is 0. The van der Waals surface area contributed by atoms with E-state index in [0.717, 1.165) is 25.7 Å². The third-order valence-electron chi connectivity index (χ3n) is 6.16. The molecule has 0 saturated heterocycles. The van der Waals surface area contributed by atoms with Gasteiger partial charge in [-0.1, -0.05) is 136 Å². The maximum Gasteiger partial charge on any atom is 0.135 e. The molecule has 0 bridgehead atoms. The quantitative estimate of drug-likeness (QED) is 0.161. The van der Waals surface area contributed by atoms with Crippen LogP contribution >= 0.6 is 0 Å². The van der Waals surface area contributed by atoms with Crippen molar-refractivity contribution in [3.05, 3.63) is 0 Å². The van der Waals surface area contributed by atoms with Crippen molar-refractivity contribution in [2.75, 3.05) is 0 Å². The van der Waals surface area contributed by atoms with E-state index in [-0.39, 0.29) is 5.78 Å². The van der Waals surface area contributed by atoms with Crippen molar-refractivity contribution in [2.24, 2.45) is 0 Å². The van der Waals surface area contributed by atoms with Gasteiger partial charge < -0.3 is 5.11 Å². The zero-order valence-corrected chi connectivity index (χ0v) is 20.2. The second-order valence-corrected chi connectivity index (χ2v) is 9.30. The van der Waals surface area contributed by atoms with Crippen molar-refractivity contribution in [3.8, 4) is 0 Å². The second-order valence-electron chi connectivity index (χ2n) is 9.30. The molecule has 2 nitrogen and oxygen atoms in total. The average molecular weight is 411 g/mol. The molecule has 174 valence electrons. The molecule has 0 aromatic rings. The molecule has 0 aliphatic rings. The summed E-state index contributed by atoms with van der Waals surface area (Å²) in [5, 5.41) is 9.87. The lowest BCUT2D eigenvalue weighted by Crippen LogP contribution is -2.13. The monoisotopic (exact) mass is 410 g/mol. The lowest BCUT2D eigenvalue weighted by molar-refractivity contribution is -0.121. The normalized spacial score (nSPS) is 12.4. The maximum atomic E-state index is 11.9. The number of hydrogen-bond donors (Lipinski definition) is 1. The first kappa shape index (κ1) is 28.6. The Morgan fingerprint density at radius 1 is 0.552 bits per heavy atom. The SMILES string of the molecule is CCCCCCCCCCCCCCCCCCCC(=O)CC(O)CCCCC. The number of carbonyl (C=O) groups excluding carboxylic acids is 1. The van der Waals surface area contributed by atoms with E-state index in [4.69, 9.17) is 0 Å². The van der Waals surface area contributed by atoms with Crippen LogP contribution in [-0.4, -0.2) is 17.0 Å². The first-order chi connectivity index (χ1) is 14.2. The van der Waals surface area contributed by atoms with Crippen LogP contribution < -0.4 is 0 Å². The standard InChI is InChI=1S/C27H54O2/c1-3-5-7-8-9-10-11-12-13-14-15-16-17-18-19-20-22-24-27(29)25-26(28)23-21-6-4-2/h26,28H,3-25H2,1-2H3. The van der Waals surface area contributed by atoms with E-state index in [1.807, 2.05) is 0 Å². The summed E-state index contributed by atoms with van der Waals surface area (Å²) in [6.07, 6.45) is 28.0. The Morgan fingerprint density at radius 2 is 0.897 bits per heavy atom. The van der Waals surface area contributed by atoms with E-state index in [0.29, 0.717) is 12.8 Å². The number of aliphatic hydroxyl groups excluding tert-OH is 1. The highest BCUT2D eigenvalue weighted by molar-refractivity contribution is 5.78. The van der Waals surface area contributed by atoms with Crippen molar-refractivity contribution >= 4 is 5.78 Å². The molecule has 29 heavy (non-hydrogen) atoms. The average Bonchev–Trinajstić information content (AvgIpc) is 2.70. The van der Waals surface area contributed by atoms with Gasteiger partial charge in [-0.2, -0.15) is 0 Å². The van der Waals surface area contributed by atoms with Gasteiger partial charge in [0, 0.05) is 12.8 Å². The topological polar surface area (TPSA) is 37.3 Å². The smallest absolute Gasteiger partial charge is 0.135 e. The molecule has 0 fully saturated rings. The number of hydrogen-bond acceptors (Lipinski definition) is 2.